The Kier molecular flexibility index (Phi) is 9.38. The molecule has 0 aromatic carbocycles. The van der Waals surface area contributed by atoms with Gasteiger partial charge in [0.2, 0.25) is 5.88 Å². The van der Waals surface area contributed by atoms with Crippen LogP contribution in [0.5, 0.6) is 5.88 Å². The standard InChI is InChI=1S/C30H34ClF3N6O3/c1-4-42-29-22(6-5-10-35-29)24-7-8-26(27(38-24)28(41)37-20-9-11-39(3)15-20)40-16-21(12-18(40)2)43-17-25-23(30(32,33)34)13-19(31)14-36-25/h5-8,10,13-14,18,20-21H,4,9,11-12,15-17H2,1-3H3,(H,37,41). The third-order valence-electron chi connectivity index (χ3n) is 7.69. The van der Waals surface area contributed by atoms with Crippen molar-refractivity contribution in [1.29, 1.82) is 0 Å². The molecular formula is C30H34ClF3N6O3. The van der Waals surface area contributed by atoms with Crippen molar-refractivity contribution in [2.75, 3.05) is 38.2 Å². The van der Waals surface area contributed by atoms with E-state index in [2.05, 4.69) is 20.2 Å². The van der Waals surface area contributed by atoms with Crippen LogP contribution in [0.15, 0.2) is 42.7 Å². The molecule has 3 atom stereocenters. The Morgan fingerprint density at radius 2 is 2.02 bits per heavy atom. The third-order valence-corrected chi connectivity index (χ3v) is 7.89. The van der Waals surface area contributed by atoms with E-state index in [1.807, 2.05) is 44.0 Å². The fraction of sp³-hybridized carbons (Fsp3) is 0.467. The molecule has 5 heterocycles. The average molecular weight is 619 g/mol. The Hall–Kier alpha value is -3.48. The zero-order valence-corrected chi connectivity index (χ0v) is 25.0. The summed E-state index contributed by atoms with van der Waals surface area (Å²) in [5, 5.41) is 3.04. The van der Waals surface area contributed by atoms with Crippen LogP contribution in [-0.4, -0.2) is 77.2 Å². The smallest absolute Gasteiger partial charge is 0.418 e. The molecule has 3 unspecified atom stereocenters. The number of anilines is 1. The summed E-state index contributed by atoms with van der Waals surface area (Å²) in [6.07, 6.45) is -0.804. The highest BCUT2D eigenvalue weighted by molar-refractivity contribution is 6.30. The van der Waals surface area contributed by atoms with Gasteiger partial charge in [-0.1, -0.05) is 11.6 Å². The fourth-order valence-corrected chi connectivity index (χ4v) is 5.77. The molecule has 1 N–H and O–H groups in total. The Labute approximate surface area is 253 Å². The van der Waals surface area contributed by atoms with Crippen molar-refractivity contribution >= 4 is 23.2 Å². The van der Waals surface area contributed by atoms with Gasteiger partial charge in [0.05, 0.1) is 52.5 Å². The van der Waals surface area contributed by atoms with Crippen molar-refractivity contribution in [2.24, 2.45) is 0 Å². The molecule has 0 bridgehead atoms. The molecule has 0 spiro atoms. The summed E-state index contributed by atoms with van der Waals surface area (Å²) in [6.45, 7) is 5.95. The minimum absolute atomic E-state index is 0.00466. The van der Waals surface area contributed by atoms with Crippen molar-refractivity contribution in [3.63, 3.8) is 0 Å². The molecule has 5 rings (SSSR count). The van der Waals surface area contributed by atoms with Gasteiger partial charge >= 0.3 is 6.18 Å². The number of ether oxygens (including phenoxy) is 2. The summed E-state index contributed by atoms with van der Waals surface area (Å²) in [5.74, 6) is 0.127. The lowest BCUT2D eigenvalue weighted by Gasteiger charge is -2.26. The first-order valence-corrected chi connectivity index (χ1v) is 14.6. The maximum Gasteiger partial charge on any atom is 0.418 e. The zero-order chi connectivity index (χ0) is 30.7. The third kappa shape index (κ3) is 7.19. The van der Waals surface area contributed by atoms with Gasteiger partial charge in [-0.05, 0) is 70.6 Å². The normalized spacial score (nSPS) is 20.9. The van der Waals surface area contributed by atoms with Crippen LogP contribution in [0.2, 0.25) is 5.02 Å². The van der Waals surface area contributed by atoms with E-state index in [-0.39, 0.29) is 41.0 Å². The first-order valence-electron chi connectivity index (χ1n) is 14.2. The van der Waals surface area contributed by atoms with Gasteiger partial charge in [0, 0.05) is 37.6 Å². The van der Waals surface area contributed by atoms with Crippen LogP contribution < -0.4 is 15.0 Å². The minimum Gasteiger partial charge on any atom is -0.477 e. The summed E-state index contributed by atoms with van der Waals surface area (Å²) in [5.41, 5.74) is 0.941. The molecule has 2 saturated heterocycles. The van der Waals surface area contributed by atoms with Crippen molar-refractivity contribution in [1.82, 2.24) is 25.2 Å². The molecule has 0 saturated carbocycles. The molecule has 43 heavy (non-hydrogen) atoms. The Morgan fingerprint density at radius 1 is 1.21 bits per heavy atom. The average Bonchev–Trinajstić information content (AvgIpc) is 3.56. The number of nitrogens with one attached hydrogen (secondary N) is 1. The van der Waals surface area contributed by atoms with Crippen LogP contribution in [-0.2, 0) is 17.5 Å². The number of halogens is 4. The number of aromatic nitrogens is 3. The van der Waals surface area contributed by atoms with E-state index in [9.17, 15) is 18.0 Å². The highest BCUT2D eigenvalue weighted by atomic mass is 35.5. The van der Waals surface area contributed by atoms with Gasteiger partial charge in [-0.2, -0.15) is 13.2 Å². The number of hydrogen-bond donors (Lipinski definition) is 1. The van der Waals surface area contributed by atoms with Gasteiger partial charge in [0.15, 0.2) is 5.69 Å². The predicted molar refractivity (Wildman–Crippen MR) is 156 cm³/mol. The second-order valence-electron chi connectivity index (χ2n) is 10.9. The lowest BCUT2D eigenvalue weighted by molar-refractivity contribution is -0.139. The Balaban J connectivity index is 1.40. The fourth-order valence-electron chi connectivity index (χ4n) is 5.61. The second-order valence-corrected chi connectivity index (χ2v) is 11.3. The molecule has 230 valence electrons. The second kappa shape index (κ2) is 13.0. The van der Waals surface area contributed by atoms with Gasteiger partial charge < -0.3 is 24.6 Å². The number of pyridine rings is 3. The van der Waals surface area contributed by atoms with E-state index in [1.54, 1.807) is 12.3 Å². The number of alkyl halides is 3. The van der Waals surface area contributed by atoms with Crippen LogP contribution in [0.1, 0.15) is 48.4 Å². The van der Waals surface area contributed by atoms with Gasteiger partial charge in [0.1, 0.15) is 0 Å². The van der Waals surface area contributed by atoms with E-state index in [4.69, 9.17) is 26.1 Å². The van der Waals surface area contributed by atoms with Crippen LogP contribution in [0, 0.1) is 0 Å². The number of nitrogens with zero attached hydrogens (tertiary/aromatic N) is 5. The first kappa shape index (κ1) is 31.0. The number of rotatable bonds is 9. The molecule has 1 amide bonds. The SMILES string of the molecule is CCOc1ncccc1-c1ccc(N2CC(OCc3ncc(Cl)cc3C(F)(F)F)CC2C)c(C(=O)NC2CCN(C)C2)n1. The van der Waals surface area contributed by atoms with E-state index in [0.29, 0.717) is 42.4 Å². The molecule has 2 aliphatic heterocycles. The molecular weight excluding hydrogens is 585 g/mol. The molecule has 0 aliphatic carbocycles. The van der Waals surface area contributed by atoms with Crippen LogP contribution in [0.25, 0.3) is 11.3 Å². The van der Waals surface area contributed by atoms with Crippen LogP contribution >= 0.6 is 11.6 Å². The zero-order valence-electron chi connectivity index (χ0n) is 24.2. The molecule has 9 nitrogen and oxygen atoms in total. The minimum atomic E-state index is -4.61. The summed E-state index contributed by atoms with van der Waals surface area (Å²) in [4.78, 5) is 30.9. The van der Waals surface area contributed by atoms with Crippen molar-refractivity contribution in [3.8, 4) is 17.1 Å². The van der Waals surface area contributed by atoms with E-state index in [0.717, 1.165) is 25.6 Å². The highest BCUT2D eigenvalue weighted by Crippen LogP contribution is 2.36. The lowest BCUT2D eigenvalue weighted by Crippen LogP contribution is -2.38. The number of amides is 1. The molecule has 13 heteroatoms. The number of likely N-dealkylation sites (N-methyl/N-ethyl adjacent to an activating group) is 1. The van der Waals surface area contributed by atoms with E-state index < -0.39 is 17.8 Å². The maximum absolute atomic E-state index is 13.7. The Morgan fingerprint density at radius 3 is 2.74 bits per heavy atom. The molecule has 0 radical (unpaired) electrons. The van der Waals surface area contributed by atoms with Crippen molar-refractivity contribution in [3.05, 3.63) is 64.7 Å². The number of carbonyl (C=O) groups excluding carboxylic acids is 1. The van der Waals surface area contributed by atoms with Crippen LogP contribution in [0.3, 0.4) is 0 Å². The lowest BCUT2D eigenvalue weighted by atomic mass is 10.1. The van der Waals surface area contributed by atoms with Crippen molar-refractivity contribution < 1.29 is 27.4 Å². The molecule has 2 fully saturated rings. The molecule has 3 aromatic heterocycles. The summed E-state index contributed by atoms with van der Waals surface area (Å²) < 4.78 is 52.3. The quantitative estimate of drug-likeness (QED) is 0.349. The van der Waals surface area contributed by atoms with Gasteiger partial charge in [-0.3, -0.25) is 9.78 Å². The Bertz CT molecular complexity index is 1460. The van der Waals surface area contributed by atoms with E-state index in [1.165, 1.54) is 6.20 Å². The van der Waals surface area contributed by atoms with Gasteiger partial charge in [-0.15, -0.1) is 0 Å². The number of likely N-dealkylation sites (tertiary alicyclic amines) is 1. The predicted octanol–water partition coefficient (Wildman–Crippen LogP) is 5.23. The van der Waals surface area contributed by atoms with Gasteiger partial charge in [0.25, 0.3) is 5.91 Å². The van der Waals surface area contributed by atoms with Gasteiger partial charge in [-0.25, -0.2) is 9.97 Å². The van der Waals surface area contributed by atoms with E-state index >= 15 is 0 Å². The summed E-state index contributed by atoms with van der Waals surface area (Å²) >= 11 is 5.77. The first-order chi connectivity index (χ1) is 20.5. The molecule has 3 aromatic rings. The summed E-state index contributed by atoms with van der Waals surface area (Å²) in [6, 6.07) is 8.08. The topological polar surface area (TPSA) is 92.7 Å². The largest absolute Gasteiger partial charge is 0.477 e. The number of hydrogen-bond acceptors (Lipinski definition) is 8. The highest BCUT2D eigenvalue weighted by Gasteiger charge is 2.37. The van der Waals surface area contributed by atoms with Crippen molar-refractivity contribution in [2.45, 2.75) is 57.7 Å². The molecule has 2 aliphatic rings. The summed E-state index contributed by atoms with van der Waals surface area (Å²) in [7, 11) is 2.01. The van der Waals surface area contributed by atoms with Crippen LogP contribution in [0.4, 0.5) is 18.9 Å². The maximum atomic E-state index is 13.7. The monoisotopic (exact) mass is 618 g/mol. The number of carbonyl (C=O) groups is 1.